The normalized spacial score (nSPS) is 14.3. The Kier molecular flexibility index (Phi) is 5.32. The van der Waals surface area contributed by atoms with E-state index in [4.69, 9.17) is 9.84 Å². The van der Waals surface area contributed by atoms with Gasteiger partial charge in [0.15, 0.2) is 5.75 Å². The van der Waals surface area contributed by atoms with Gasteiger partial charge < -0.3 is 20.5 Å². The van der Waals surface area contributed by atoms with Gasteiger partial charge in [-0.25, -0.2) is 4.79 Å². The topological polar surface area (TPSA) is 87.7 Å². The number of fused-ring (bicyclic) bond motifs is 1. The number of rotatable bonds is 6. The van der Waals surface area contributed by atoms with E-state index in [0.29, 0.717) is 36.6 Å². The SMILES string of the molecule is CSCC[C@H](NC(=O)c1cccc2c1OCCN2)C(=O)O. The zero-order valence-electron chi connectivity index (χ0n) is 11.7. The van der Waals surface area contributed by atoms with Crippen molar-refractivity contribution in [3.8, 4) is 5.75 Å². The molecule has 7 heteroatoms. The maximum atomic E-state index is 12.3. The minimum absolute atomic E-state index is 0.357. The van der Waals surface area contributed by atoms with E-state index >= 15 is 0 Å². The average Bonchev–Trinajstić information content (AvgIpc) is 2.50. The van der Waals surface area contributed by atoms with Crippen molar-refractivity contribution in [3.05, 3.63) is 23.8 Å². The van der Waals surface area contributed by atoms with Crippen LogP contribution >= 0.6 is 11.8 Å². The van der Waals surface area contributed by atoms with Crippen LogP contribution in [-0.4, -0.2) is 48.2 Å². The zero-order valence-corrected chi connectivity index (χ0v) is 12.5. The number of hydrogen-bond acceptors (Lipinski definition) is 5. The second kappa shape index (κ2) is 7.21. The molecular formula is C14H18N2O4S. The third-order valence-electron chi connectivity index (χ3n) is 3.14. The van der Waals surface area contributed by atoms with Gasteiger partial charge in [0, 0.05) is 6.54 Å². The number of carbonyl (C=O) groups is 2. The smallest absolute Gasteiger partial charge is 0.326 e. The van der Waals surface area contributed by atoms with Crippen LogP contribution in [0.15, 0.2) is 18.2 Å². The van der Waals surface area contributed by atoms with Gasteiger partial charge in [-0.1, -0.05) is 6.07 Å². The standard InChI is InChI=1S/C14H18N2O4S/c1-21-8-5-11(14(18)19)16-13(17)9-3-2-4-10-12(9)20-7-6-15-10/h2-4,11,15H,5-8H2,1H3,(H,16,17)(H,18,19)/t11-/m0/s1. The second-order valence-corrected chi connectivity index (χ2v) is 5.59. The molecule has 2 rings (SSSR count). The molecule has 1 atom stereocenters. The molecule has 0 saturated heterocycles. The van der Waals surface area contributed by atoms with Crippen molar-refractivity contribution in [1.82, 2.24) is 5.32 Å². The quantitative estimate of drug-likeness (QED) is 0.737. The zero-order chi connectivity index (χ0) is 15.2. The summed E-state index contributed by atoms with van der Waals surface area (Å²) in [5.41, 5.74) is 1.11. The lowest BCUT2D eigenvalue weighted by atomic mass is 10.1. The predicted octanol–water partition coefficient (Wildman–Crippen LogP) is 1.43. The van der Waals surface area contributed by atoms with Crippen molar-refractivity contribution in [3.63, 3.8) is 0 Å². The van der Waals surface area contributed by atoms with Crippen LogP contribution in [0.3, 0.4) is 0 Å². The first-order valence-corrected chi connectivity index (χ1v) is 8.05. The molecule has 1 aromatic carbocycles. The third-order valence-corrected chi connectivity index (χ3v) is 3.78. The van der Waals surface area contributed by atoms with Crippen LogP contribution < -0.4 is 15.4 Å². The molecule has 6 nitrogen and oxygen atoms in total. The van der Waals surface area contributed by atoms with Gasteiger partial charge in [0.2, 0.25) is 0 Å². The van der Waals surface area contributed by atoms with Crippen molar-refractivity contribution in [2.45, 2.75) is 12.5 Å². The van der Waals surface area contributed by atoms with Crippen LogP contribution in [0.5, 0.6) is 5.75 Å². The van der Waals surface area contributed by atoms with E-state index in [-0.39, 0.29) is 0 Å². The molecule has 1 heterocycles. The van der Waals surface area contributed by atoms with Crippen LogP contribution in [0.1, 0.15) is 16.8 Å². The number of nitrogens with one attached hydrogen (secondary N) is 2. The van der Waals surface area contributed by atoms with Crippen LogP contribution in [-0.2, 0) is 4.79 Å². The number of ether oxygens (including phenoxy) is 1. The number of carboxylic acid groups (broad SMARTS) is 1. The van der Waals surface area contributed by atoms with E-state index in [0.717, 1.165) is 5.69 Å². The summed E-state index contributed by atoms with van der Waals surface area (Å²) in [6.45, 7) is 1.16. The largest absolute Gasteiger partial charge is 0.489 e. The molecule has 0 radical (unpaired) electrons. The fourth-order valence-electron chi connectivity index (χ4n) is 2.08. The highest BCUT2D eigenvalue weighted by molar-refractivity contribution is 7.98. The van der Waals surface area contributed by atoms with Gasteiger partial charge in [-0.05, 0) is 30.6 Å². The maximum Gasteiger partial charge on any atom is 0.326 e. The van der Waals surface area contributed by atoms with Crippen molar-refractivity contribution < 1.29 is 19.4 Å². The van der Waals surface area contributed by atoms with E-state index in [9.17, 15) is 9.59 Å². The van der Waals surface area contributed by atoms with E-state index in [2.05, 4.69) is 10.6 Å². The van der Waals surface area contributed by atoms with Gasteiger partial charge in [-0.15, -0.1) is 0 Å². The van der Waals surface area contributed by atoms with Crippen molar-refractivity contribution in [2.75, 3.05) is 30.5 Å². The molecule has 0 aliphatic carbocycles. The first-order chi connectivity index (χ1) is 10.1. The molecule has 1 aliphatic heterocycles. The Morgan fingerprint density at radius 2 is 2.33 bits per heavy atom. The lowest BCUT2D eigenvalue weighted by molar-refractivity contribution is -0.139. The van der Waals surface area contributed by atoms with Crippen LogP contribution in [0.25, 0.3) is 0 Å². The summed E-state index contributed by atoms with van der Waals surface area (Å²) >= 11 is 1.54. The molecule has 0 bridgehead atoms. The molecule has 1 amide bonds. The maximum absolute atomic E-state index is 12.3. The summed E-state index contributed by atoms with van der Waals surface area (Å²) < 4.78 is 5.52. The van der Waals surface area contributed by atoms with Gasteiger partial charge in [0.25, 0.3) is 5.91 Å². The number of carbonyl (C=O) groups excluding carboxylic acids is 1. The van der Waals surface area contributed by atoms with Crippen molar-refractivity contribution in [1.29, 1.82) is 0 Å². The number of benzene rings is 1. The van der Waals surface area contributed by atoms with Crippen molar-refractivity contribution >= 4 is 29.3 Å². The number of hydrogen-bond donors (Lipinski definition) is 3. The Bertz CT molecular complexity index is 536. The Morgan fingerprint density at radius 3 is 3.05 bits per heavy atom. The summed E-state index contributed by atoms with van der Waals surface area (Å²) in [7, 11) is 0. The van der Waals surface area contributed by atoms with E-state index < -0.39 is 17.9 Å². The fourth-order valence-corrected chi connectivity index (χ4v) is 2.55. The van der Waals surface area contributed by atoms with E-state index in [1.54, 1.807) is 23.9 Å². The number of thioether (sulfide) groups is 1. The molecule has 1 aromatic rings. The molecule has 0 fully saturated rings. The molecule has 0 aromatic heterocycles. The lowest BCUT2D eigenvalue weighted by Crippen LogP contribution is -2.41. The minimum atomic E-state index is -1.03. The number of anilines is 1. The summed E-state index contributed by atoms with van der Waals surface area (Å²) in [6, 6.07) is 4.31. The highest BCUT2D eigenvalue weighted by atomic mass is 32.2. The van der Waals surface area contributed by atoms with Crippen LogP contribution in [0.2, 0.25) is 0 Å². The number of para-hydroxylation sites is 1. The Hall–Kier alpha value is -1.89. The predicted molar refractivity (Wildman–Crippen MR) is 82.3 cm³/mol. The average molecular weight is 310 g/mol. The molecule has 3 N–H and O–H groups in total. The van der Waals surface area contributed by atoms with Crippen LogP contribution in [0, 0.1) is 0 Å². The van der Waals surface area contributed by atoms with E-state index in [1.807, 2.05) is 12.3 Å². The first kappa shape index (κ1) is 15.5. The third kappa shape index (κ3) is 3.81. The van der Waals surface area contributed by atoms with Crippen molar-refractivity contribution in [2.24, 2.45) is 0 Å². The fraction of sp³-hybridized carbons (Fsp3) is 0.429. The summed E-state index contributed by atoms with van der Waals surface area (Å²) in [6.07, 6.45) is 2.28. The van der Waals surface area contributed by atoms with Crippen LogP contribution in [0.4, 0.5) is 5.69 Å². The molecule has 21 heavy (non-hydrogen) atoms. The molecule has 0 saturated carbocycles. The molecule has 1 aliphatic rings. The first-order valence-electron chi connectivity index (χ1n) is 6.65. The van der Waals surface area contributed by atoms with Gasteiger partial charge in [-0.3, -0.25) is 4.79 Å². The summed E-state index contributed by atoms with van der Waals surface area (Å²) in [5, 5.41) is 14.9. The molecular weight excluding hydrogens is 292 g/mol. The summed E-state index contributed by atoms with van der Waals surface area (Å²) in [4.78, 5) is 23.5. The van der Waals surface area contributed by atoms with E-state index in [1.165, 1.54) is 0 Å². The Labute approximate surface area is 127 Å². The lowest BCUT2D eigenvalue weighted by Gasteiger charge is -2.22. The number of aliphatic carboxylic acids is 1. The highest BCUT2D eigenvalue weighted by Gasteiger charge is 2.24. The second-order valence-electron chi connectivity index (χ2n) is 4.60. The Balaban J connectivity index is 2.14. The van der Waals surface area contributed by atoms with Gasteiger partial charge in [-0.2, -0.15) is 11.8 Å². The molecule has 0 spiro atoms. The highest BCUT2D eigenvalue weighted by Crippen LogP contribution is 2.31. The summed E-state index contributed by atoms with van der Waals surface area (Å²) in [5.74, 6) is -0.303. The Morgan fingerprint density at radius 1 is 1.52 bits per heavy atom. The molecule has 0 unspecified atom stereocenters. The number of carboxylic acids is 1. The van der Waals surface area contributed by atoms with Gasteiger partial charge in [0.1, 0.15) is 12.6 Å². The van der Waals surface area contributed by atoms with Gasteiger partial charge in [0.05, 0.1) is 11.3 Å². The number of amides is 1. The monoisotopic (exact) mass is 310 g/mol. The van der Waals surface area contributed by atoms with Gasteiger partial charge >= 0.3 is 5.97 Å². The molecule has 114 valence electrons. The minimum Gasteiger partial charge on any atom is -0.489 e.